The summed E-state index contributed by atoms with van der Waals surface area (Å²) in [5.41, 5.74) is 1.62. The second kappa shape index (κ2) is 12.1. The van der Waals surface area contributed by atoms with Gasteiger partial charge < -0.3 is 10.2 Å². The molecule has 0 unspecified atom stereocenters. The molecule has 13 heteroatoms. The van der Waals surface area contributed by atoms with Crippen LogP contribution in [0.2, 0.25) is 0 Å². The third-order valence-electron chi connectivity index (χ3n) is 7.79. The van der Waals surface area contributed by atoms with E-state index in [-0.39, 0.29) is 39.6 Å². The highest BCUT2D eigenvalue weighted by Crippen LogP contribution is 2.26. The summed E-state index contributed by atoms with van der Waals surface area (Å²) < 4.78 is 30.0. The van der Waals surface area contributed by atoms with Crippen LogP contribution in [0, 0.1) is 18.3 Å². The van der Waals surface area contributed by atoms with Gasteiger partial charge in [0.05, 0.1) is 11.8 Å². The second-order valence-corrected chi connectivity index (χ2v) is 12.9. The van der Waals surface area contributed by atoms with Gasteiger partial charge in [-0.25, -0.2) is 23.4 Å². The first-order valence-electron chi connectivity index (χ1n) is 14.2. The standard InChI is InChI=1S/C30H35N9O3S/c1-18(2)39-28-24(17-32-30(36-28)34-21-10-12-22(13-11-21)38(4)5)35-27(29(39)40)23-14-15-26(33-19(23)3)37-43(41,42)25-9-7-6-8-20(25)16-31/h6-9,14-15,17-18,21-22H,10-13H2,1-5H3,(H,33,37)(H,32,34,36). The van der Waals surface area contributed by atoms with E-state index in [9.17, 15) is 18.5 Å². The van der Waals surface area contributed by atoms with E-state index in [1.807, 2.05) is 19.9 Å². The van der Waals surface area contributed by atoms with Crippen molar-refractivity contribution in [3.63, 3.8) is 0 Å². The fourth-order valence-electron chi connectivity index (χ4n) is 5.50. The third-order valence-corrected chi connectivity index (χ3v) is 9.20. The van der Waals surface area contributed by atoms with E-state index in [1.54, 1.807) is 35.9 Å². The topological polar surface area (TPSA) is 159 Å². The Hall–Kier alpha value is -4.41. The maximum Gasteiger partial charge on any atom is 0.279 e. The number of rotatable bonds is 8. The smallest absolute Gasteiger partial charge is 0.279 e. The molecule has 1 saturated carbocycles. The van der Waals surface area contributed by atoms with Gasteiger partial charge in [-0.1, -0.05) is 12.1 Å². The van der Waals surface area contributed by atoms with Crippen LogP contribution in [0.25, 0.3) is 22.4 Å². The lowest BCUT2D eigenvalue weighted by Gasteiger charge is -2.32. The van der Waals surface area contributed by atoms with Crippen molar-refractivity contribution in [1.29, 1.82) is 5.26 Å². The van der Waals surface area contributed by atoms with Gasteiger partial charge in [-0.2, -0.15) is 10.2 Å². The van der Waals surface area contributed by atoms with Crippen molar-refractivity contribution in [3.05, 3.63) is 64.2 Å². The van der Waals surface area contributed by atoms with Crippen LogP contribution in [0.5, 0.6) is 0 Å². The molecule has 0 bridgehead atoms. The molecule has 4 aromatic rings. The highest BCUT2D eigenvalue weighted by atomic mass is 32.2. The van der Waals surface area contributed by atoms with Crippen molar-refractivity contribution in [2.75, 3.05) is 24.1 Å². The molecule has 43 heavy (non-hydrogen) atoms. The first-order valence-corrected chi connectivity index (χ1v) is 15.7. The molecule has 1 aliphatic carbocycles. The van der Waals surface area contributed by atoms with Crippen molar-refractivity contribution in [2.24, 2.45) is 0 Å². The first-order chi connectivity index (χ1) is 20.5. The Kier molecular flexibility index (Phi) is 8.43. The number of nitrogens with one attached hydrogen (secondary N) is 2. The summed E-state index contributed by atoms with van der Waals surface area (Å²) in [6, 6.07) is 11.5. The molecule has 3 heterocycles. The zero-order chi connectivity index (χ0) is 30.9. The van der Waals surface area contributed by atoms with Gasteiger partial charge in [-0.15, -0.1) is 0 Å². The number of nitriles is 1. The molecule has 2 N–H and O–H groups in total. The minimum Gasteiger partial charge on any atom is -0.351 e. The van der Waals surface area contributed by atoms with Gasteiger partial charge in [0.1, 0.15) is 28.0 Å². The summed E-state index contributed by atoms with van der Waals surface area (Å²) in [6.07, 6.45) is 5.85. The number of pyridine rings is 1. The number of fused-ring (bicyclic) bond motifs is 1. The summed E-state index contributed by atoms with van der Waals surface area (Å²) in [7, 11) is 0.160. The molecular formula is C30H35N9O3S. The zero-order valence-corrected chi connectivity index (χ0v) is 25.7. The third kappa shape index (κ3) is 6.21. The van der Waals surface area contributed by atoms with Gasteiger partial charge in [0.15, 0.2) is 5.65 Å². The predicted octanol–water partition coefficient (Wildman–Crippen LogP) is 4.10. The van der Waals surface area contributed by atoms with Crippen LogP contribution in [0.4, 0.5) is 11.8 Å². The monoisotopic (exact) mass is 601 g/mol. The summed E-state index contributed by atoms with van der Waals surface area (Å²) in [6.45, 7) is 5.49. The quantitative estimate of drug-likeness (QED) is 0.301. The molecule has 1 aliphatic rings. The normalized spacial score (nSPS) is 17.3. The van der Waals surface area contributed by atoms with Crippen LogP contribution < -0.4 is 15.6 Å². The molecule has 3 aromatic heterocycles. The van der Waals surface area contributed by atoms with E-state index < -0.39 is 10.0 Å². The molecule has 1 fully saturated rings. The summed E-state index contributed by atoms with van der Waals surface area (Å²) in [5, 5.41) is 12.8. The summed E-state index contributed by atoms with van der Waals surface area (Å²) >= 11 is 0. The number of aryl methyl sites for hydroxylation is 1. The van der Waals surface area contributed by atoms with Crippen LogP contribution in [0.15, 0.2) is 52.3 Å². The Labute approximate surface area is 250 Å². The Balaban J connectivity index is 1.45. The van der Waals surface area contributed by atoms with E-state index >= 15 is 0 Å². The lowest BCUT2D eigenvalue weighted by Crippen LogP contribution is -2.36. The van der Waals surface area contributed by atoms with Crippen LogP contribution >= 0.6 is 0 Å². The van der Waals surface area contributed by atoms with Crippen molar-refractivity contribution >= 4 is 33.0 Å². The molecule has 5 rings (SSSR count). The maximum absolute atomic E-state index is 13.8. The highest BCUT2D eigenvalue weighted by Gasteiger charge is 2.24. The molecule has 0 amide bonds. The zero-order valence-electron chi connectivity index (χ0n) is 24.9. The van der Waals surface area contributed by atoms with E-state index in [0.29, 0.717) is 34.4 Å². The second-order valence-electron chi connectivity index (χ2n) is 11.3. The molecule has 0 saturated heterocycles. The van der Waals surface area contributed by atoms with Gasteiger partial charge in [-0.3, -0.25) is 14.1 Å². The first kappa shape index (κ1) is 30.1. The minimum absolute atomic E-state index is 0.0234. The van der Waals surface area contributed by atoms with Crippen LogP contribution in [-0.4, -0.2) is 64.0 Å². The van der Waals surface area contributed by atoms with Crippen LogP contribution in [-0.2, 0) is 10.0 Å². The Bertz CT molecular complexity index is 1870. The lowest BCUT2D eigenvalue weighted by atomic mass is 9.91. The average Bonchev–Trinajstić information content (AvgIpc) is 2.97. The molecule has 0 spiro atoms. The average molecular weight is 602 g/mol. The number of hydrogen-bond donors (Lipinski definition) is 2. The number of sulfonamides is 1. The van der Waals surface area contributed by atoms with E-state index in [2.05, 4.69) is 44.0 Å². The van der Waals surface area contributed by atoms with Gasteiger partial charge in [0.25, 0.3) is 15.6 Å². The Morgan fingerprint density at radius 3 is 2.42 bits per heavy atom. The Morgan fingerprint density at radius 1 is 1.05 bits per heavy atom. The van der Waals surface area contributed by atoms with Crippen molar-refractivity contribution < 1.29 is 8.42 Å². The van der Waals surface area contributed by atoms with Crippen molar-refractivity contribution in [1.82, 2.24) is 29.4 Å². The van der Waals surface area contributed by atoms with Crippen molar-refractivity contribution in [2.45, 2.75) is 69.5 Å². The minimum atomic E-state index is -4.07. The van der Waals surface area contributed by atoms with Gasteiger partial charge in [0, 0.05) is 29.4 Å². The van der Waals surface area contributed by atoms with Gasteiger partial charge in [0.2, 0.25) is 5.95 Å². The molecule has 0 radical (unpaired) electrons. The summed E-state index contributed by atoms with van der Waals surface area (Å²) in [5.74, 6) is 0.522. The number of anilines is 2. The molecule has 224 valence electrons. The number of nitrogens with zero attached hydrogens (tertiary/aromatic N) is 7. The van der Waals surface area contributed by atoms with Crippen LogP contribution in [0.1, 0.15) is 56.8 Å². The van der Waals surface area contributed by atoms with E-state index in [0.717, 1.165) is 25.7 Å². The van der Waals surface area contributed by atoms with Gasteiger partial charge in [-0.05, 0) is 84.8 Å². The molecule has 12 nitrogen and oxygen atoms in total. The lowest BCUT2D eigenvalue weighted by molar-refractivity contribution is 0.221. The molecular weight excluding hydrogens is 566 g/mol. The largest absolute Gasteiger partial charge is 0.351 e. The van der Waals surface area contributed by atoms with Gasteiger partial charge >= 0.3 is 0 Å². The summed E-state index contributed by atoms with van der Waals surface area (Å²) in [4.78, 5) is 34.2. The Morgan fingerprint density at radius 2 is 1.77 bits per heavy atom. The SMILES string of the molecule is Cc1nc(NS(=O)(=O)c2ccccc2C#N)ccc1-c1nc2cnc(NC3CCC(N(C)C)CC3)nc2n(C(C)C)c1=O. The predicted molar refractivity (Wildman–Crippen MR) is 165 cm³/mol. The number of aromatic nitrogens is 5. The fourth-order valence-corrected chi connectivity index (χ4v) is 6.66. The van der Waals surface area contributed by atoms with Crippen LogP contribution in [0.3, 0.4) is 0 Å². The fraction of sp³-hybridized carbons (Fsp3) is 0.400. The molecule has 1 aromatic carbocycles. The number of benzene rings is 1. The molecule has 0 atom stereocenters. The number of hydrogen-bond acceptors (Lipinski definition) is 10. The molecule has 0 aliphatic heterocycles. The highest BCUT2D eigenvalue weighted by molar-refractivity contribution is 7.92. The van der Waals surface area contributed by atoms with Crippen molar-refractivity contribution in [3.8, 4) is 17.3 Å². The maximum atomic E-state index is 13.8. The van der Waals surface area contributed by atoms with E-state index in [4.69, 9.17) is 4.98 Å². The van der Waals surface area contributed by atoms with E-state index in [1.165, 1.54) is 18.2 Å².